The first kappa shape index (κ1) is 30.2. The number of hydrogen-bond donors (Lipinski definition) is 1. The van der Waals surface area contributed by atoms with Crippen molar-refractivity contribution in [2.75, 3.05) is 13.1 Å². The second-order valence-corrected chi connectivity index (χ2v) is 11.8. The molecule has 0 aliphatic carbocycles. The zero-order valence-corrected chi connectivity index (χ0v) is 24.9. The van der Waals surface area contributed by atoms with Crippen molar-refractivity contribution in [3.05, 3.63) is 107 Å². The Morgan fingerprint density at radius 3 is 2.44 bits per heavy atom. The van der Waals surface area contributed by atoms with Gasteiger partial charge in [0, 0.05) is 36.6 Å². The number of carbonyl (C=O) groups excluding carboxylic acids is 3. The number of aryl methyl sites for hydroxylation is 1. The van der Waals surface area contributed by atoms with Crippen molar-refractivity contribution in [1.29, 1.82) is 0 Å². The van der Waals surface area contributed by atoms with Gasteiger partial charge in [-0.05, 0) is 41.8 Å². The van der Waals surface area contributed by atoms with E-state index in [1.54, 1.807) is 18.7 Å². The van der Waals surface area contributed by atoms with Gasteiger partial charge in [-0.2, -0.15) is 13.2 Å². The summed E-state index contributed by atoms with van der Waals surface area (Å²) in [6, 6.07) is 19.8. The molecule has 1 N–H and O–H groups in total. The number of benzene rings is 3. The minimum atomic E-state index is -4.54. The number of aromatic nitrogens is 1. The number of aromatic amines is 1. The monoisotopic (exact) mass is 618 g/mol. The molecule has 2 saturated heterocycles. The smallest absolute Gasteiger partial charge is 0.416 e. The number of H-pyrrole nitrogens is 1. The fourth-order valence-corrected chi connectivity index (χ4v) is 6.39. The van der Waals surface area contributed by atoms with Crippen molar-refractivity contribution < 1.29 is 32.3 Å². The number of carbonyl (C=O) groups is 3. The first-order valence-corrected chi connectivity index (χ1v) is 14.8. The van der Waals surface area contributed by atoms with Crippen LogP contribution >= 0.6 is 0 Å². The Morgan fingerprint density at radius 1 is 0.956 bits per heavy atom. The van der Waals surface area contributed by atoms with Crippen LogP contribution < -0.4 is 0 Å². The molecule has 2 aliphatic heterocycles. The van der Waals surface area contributed by atoms with Crippen LogP contribution in [0, 0.1) is 12.8 Å². The van der Waals surface area contributed by atoms with Gasteiger partial charge in [0.1, 0.15) is 18.8 Å². The number of amides is 3. The van der Waals surface area contributed by atoms with E-state index in [9.17, 15) is 27.6 Å². The van der Waals surface area contributed by atoms with Crippen molar-refractivity contribution in [2.45, 2.75) is 51.8 Å². The summed E-state index contributed by atoms with van der Waals surface area (Å²) >= 11 is 0. The number of halogens is 3. The molecule has 11 heteroatoms. The molecular weight excluding hydrogens is 585 g/mol. The van der Waals surface area contributed by atoms with Crippen LogP contribution in [0.3, 0.4) is 0 Å². The van der Waals surface area contributed by atoms with Crippen LogP contribution in [0.25, 0.3) is 10.9 Å². The van der Waals surface area contributed by atoms with Crippen LogP contribution in [-0.4, -0.2) is 62.9 Å². The van der Waals surface area contributed by atoms with E-state index in [1.165, 1.54) is 15.9 Å². The molecule has 0 saturated carbocycles. The van der Waals surface area contributed by atoms with E-state index < -0.39 is 36.0 Å². The van der Waals surface area contributed by atoms with Crippen LogP contribution in [0.5, 0.6) is 0 Å². The number of hydrogen-bond acceptors (Lipinski definition) is 4. The van der Waals surface area contributed by atoms with Crippen molar-refractivity contribution in [1.82, 2.24) is 19.7 Å². The third-order valence-corrected chi connectivity index (χ3v) is 8.51. The van der Waals surface area contributed by atoms with Gasteiger partial charge in [0.05, 0.1) is 18.0 Å². The number of fused-ring (bicyclic) bond motifs is 2. The van der Waals surface area contributed by atoms with Crippen molar-refractivity contribution >= 4 is 28.8 Å². The maximum absolute atomic E-state index is 14.1. The minimum Gasteiger partial charge on any atom is -0.444 e. The second-order valence-electron chi connectivity index (χ2n) is 11.8. The van der Waals surface area contributed by atoms with Gasteiger partial charge < -0.3 is 19.5 Å². The number of nitrogens with one attached hydrogen (secondary N) is 1. The van der Waals surface area contributed by atoms with E-state index in [2.05, 4.69) is 4.98 Å². The standard InChI is InChI=1S/C34H33F3N4O4/c1-21-12-24(14-26(13-21)34(35,36)37)20-45-33(44)40-17-22(2)31(42)41-29(15-25-16-38-28-11-7-6-10-27(25)28)32(43)39(19-30(40)41)18-23-8-4-3-5-9-23/h3-14,16,22,29-30,38H,15,17-20H2,1-2H3/t22-,29-,30+/m0/s1. The molecule has 4 aromatic rings. The lowest BCUT2D eigenvalue weighted by atomic mass is 9.94. The quantitative estimate of drug-likeness (QED) is 0.292. The van der Waals surface area contributed by atoms with Gasteiger partial charge in [-0.15, -0.1) is 0 Å². The number of alkyl halides is 3. The molecule has 8 nitrogen and oxygen atoms in total. The summed E-state index contributed by atoms with van der Waals surface area (Å²) in [7, 11) is 0. The highest BCUT2D eigenvalue weighted by molar-refractivity contribution is 5.92. The molecule has 0 bridgehead atoms. The summed E-state index contributed by atoms with van der Waals surface area (Å²) in [5.74, 6) is -1.09. The van der Waals surface area contributed by atoms with Crippen LogP contribution in [0.15, 0.2) is 79.0 Å². The molecule has 0 radical (unpaired) electrons. The van der Waals surface area contributed by atoms with E-state index >= 15 is 0 Å². The highest BCUT2D eigenvalue weighted by atomic mass is 19.4. The van der Waals surface area contributed by atoms with Crippen molar-refractivity contribution in [3.8, 4) is 0 Å². The fourth-order valence-electron chi connectivity index (χ4n) is 6.39. The largest absolute Gasteiger partial charge is 0.444 e. The lowest BCUT2D eigenvalue weighted by Gasteiger charge is -2.53. The molecule has 2 aliphatic rings. The zero-order valence-electron chi connectivity index (χ0n) is 24.9. The summed E-state index contributed by atoms with van der Waals surface area (Å²) in [6.45, 7) is 3.26. The van der Waals surface area contributed by atoms with E-state index in [0.717, 1.165) is 34.2 Å². The number of ether oxygens (including phenoxy) is 1. The van der Waals surface area contributed by atoms with E-state index in [0.29, 0.717) is 5.56 Å². The molecule has 45 heavy (non-hydrogen) atoms. The lowest BCUT2D eigenvalue weighted by molar-refractivity contribution is -0.172. The molecule has 234 valence electrons. The third kappa shape index (κ3) is 6.11. The van der Waals surface area contributed by atoms with Crippen LogP contribution in [-0.2, 0) is 40.1 Å². The van der Waals surface area contributed by atoms with Crippen molar-refractivity contribution in [3.63, 3.8) is 0 Å². The number of para-hydroxylation sites is 1. The molecule has 3 amide bonds. The average Bonchev–Trinajstić information content (AvgIpc) is 3.42. The van der Waals surface area contributed by atoms with Gasteiger partial charge >= 0.3 is 12.3 Å². The number of piperazine rings is 1. The Balaban J connectivity index is 1.31. The normalized spacial score (nSPS) is 20.5. The predicted octanol–water partition coefficient (Wildman–Crippen LogP) is 5.89. The minimum absolute atomic E-state index is 0.0492. The highest BCUT2D eigenvalue weighted by Gasteiger charge is 2.51. The maximum Gasteiger partial charge on any atom is 0.416 e. The Kier molecular flexibility index (Phi) is 8.03. The summed E-state index contributed by atoms with van der Waals surface area (Å²) in [4.78, 5) is 49.3. The van der Waals surface area contributed by atoms with E-state index in [-0.39, 0.29) is 50.0 Å². The summed E-state index contributed by atoms with van der Waals surface area (Å²) in [5, 5.41) is 0.937. The summed E-state index contributed by atoms with van der Waals surface area (Å²) < 4.78 is 45.8. The fraction of sp³-hybridized carbons (Fsp3) is 0.324. The first-order valence-electron chi connectivity index (χ1n) is 14.8. The molecule has 0 unspecified atom stereocenters. The van der Waals surface area contributed by atoms with E-state index in [1.807, 2.05) is 60.8 Å². The number of rotatable bonds is 6. The van der Waals surface area contributed by atoms with E-state index in [4.69, 9.17) is 4.74 Å². The van der Waals surface area contributed by atoms with Gasteiger partial charge in [0.2, 0.25) is 11.8 Å². The van der Waals surface area contributed by atoms with Gasteiger partial charge in [-0.3, -0.25) is 14.5 Å². The Morgan fingerprint density at radius 2 is 1.69 bits per heavy atom. The number of nitrogens with zero attached hydrogens (tertiary/aromatic N) is 3. The van der Waals surface area contributed by atoms with Gasteiger partial charge in [0.25, 0.3) is 0 Å². The van der Waals surface area contributed by atoms with Crippen LogP contribution in [0.1, 0.15) is 34.7 Å². The molecule has 3 aromatic carbocycles. The Bertz CT molecular complexity index is 1740. The summed E-state index contributed by atoms with van der Waals surface area (Å²) in [5.41, 5.74) is 2.44. The summed E-state index contributed by atoms with van der Waals surface area (Å²) in [6.07, 6.45) is -4.05. The molecular formula is C34H33F3N4O4. The highest BCUT2D eigenvalue weighted by Crippen LogP contribution is 2.33. The lowest BCUT2D eigenvalue weighted by Crippen LogP contribution is -2.73. The first-order chi connectivity index (χ1) is 21.5. The third-order valence-electron chi connectivity index (χ3n) is 8.51. The topological polar surface area (TPSA) is 85.9 Å². The second kappa shape index (κ2) is 11.9. The molecule has 1 aromatic heterocycles. The molecule has 3 atom stereocenters. The average molecular weight is 619 g/mol. The van der Waals surface area contributed by atoms with Gasteiger partial charge in [0.15, 0.2) is 0 Å². The molecule has 0 spiro atoms. The van der Waals surface area contributed by atoms with Crippen LogP contribution in [0.4, 0.5) is 18.0 Å². The molecule has 2 fully saturated rings. The van der Waals surface area contributed by atoms with Crippen LogP contribution in [0.2, 0.25) is 0 Å². The predicted molar refractivity (Wildman–Crippen MR) is 161 cm³/mol. The molecule has 6 rings (SSSR count). The van der Waals surface area contributed by atoms with Crippen molar-refractivity contribution in [2.24, 2.45) is 5.92 Å². The zero-order chi connectivity index (χ0) is 31.9. The Hall–Kier alpha value is -4.80. The van der Waals surface area contributed by atoms with Gasteiger partial charge in [-0.1, -0.05) is 67.1 Å². The SMILES string of the molecule is Cc1cc(COC(=O)N2C[C@H](C)C(=O)N3[C@@H]2CN(Cc2ccccc2)C(=O)[C@@H]3Cc2c[nH]c3ccccc23)cc(C(F)(F)F)c1. The maximum atomic E-state index is 14.1. The van der Waals surface area contributed by atoms with Gasteiger partial charge in [-0.25, -0.2) is 4.79 Å². The Labute approximate surface area is 258 Å². The molecule has 3 heterocycles.